The molecule has 0 amide bonds. The smallest absolute Gasteiger partial charge is 0.118 e. The van der Waals surface area contributed by atoms with Gasteiger partial charge in [-0.25, -0.2) is 0 Å². The van der Waals surface area contributed by atoms with Gasteiger partial charge in [0, 0.05) is 18.6 Å². The van der Waals surface area contributed by atoms with Crippen LogP contribution in [0.3, 0.4) is 0 Å². The average molecular weight is 276 g/mol. The van der Waals surface area contributed by atoms with E-state index in [1.165, 1.54) is 32.4 Å². The highest BCUT2D eigenvalue weighted by Crippen LogP contribution is 2.38. The van der Waals surface area contributed by atoms with Crippen molar-refractivity contribution in [1.82, 2.24) is 10.2 Å². The lowest BCUT2D eigenvalue weighted by Crippen LogP contribution is -2.34. The van der Waals surface area contributed by atoms with Crippen molar-refractivity contribution in [2.24, 2.45) is 11.8 Å². The summed E-state index contributed by atoms with van der Waals surface area (Å²) in [6, 6.07) is 4.26. The largest absolute Gasteiger partial charge is 0.463 e. The summed E-state index contributed by atoms with van der Waals surface area (Å²) in [6.45, 7) is 10.9. The Morgan fingerprint density at radius 3 is 2.45 bits per heavy atom. The van der Waals surface area contributed by atoms with Crippen LogP contribution in [0.4, 0.5) is 0 Å². The molecule has 1 aromatic heterocycles. The number of fused-ring (bicyclic) bond motifs is 1. The SMILES string of the molecule is CC(C)(C)NCc1ccc(CN2CC3CCCC3C2)o1. The Morgan fingerprint density at radius 1 is 1.15 bits per heavy atom. The molecule has 1 aliphatic heterocycles. The minimum atomic E-state index is 0.138. The molecule has 0 spiro atoms. The summed E-state index contributed by atoms with van der Waals surface area (Å²) in [4.78, 5) is 2.58. The predicted molar refractivity (Wildman–Crippen MR) is 81.4 cm³/mol. The minimum Gasteiger partial charge on any atom is -0.463 e. The van der Waals surface area contributed by atoms with Crippen molar-refractivity contribution in [3.05, 3.63) is 23.7 Å². The van der Waals surface area contributed by atoms with Crippen LogP contribution < -0.4 is 5.32 Å². The Balaban J connectivity index is 1.50. The van der Waals surface area contributed by atoms with E-state index < -0.39 is 0 Å². The molecule has 2 fully saturated rings. The zero-order valence-electron chi connectivity index (χ0n) is 13.1. The van der Waals surface area contributed by atoms with Crippen LogP contribution in [0.25, 0.3) is 0 Å². The first-order valence-electron chi connectivity index (χ1n) is 8.04. The van der Waals surface area contributed by atoms with E-state index in [1.54, 1.807) is 0 Å². The average Bonchev–Trinajstić information content (AvgIpc) is 3.01. The molecule has 1 aromatic rings. The summed E-state index contributed by atoms with van der Waals surface area (Å²) in [5, 5.41) is 3.47. The van der Waals surface area contributed by atoms with Gasteiger partial charge in [-0.3, -0.25) is 4.90 Å². The second kappa shape index (κ2) is 5.53. The molecule has 2 unspecified atom stereocenters. The van der Waals surface area contributed by atoms with Crippen LogP contribution in [0.5, 0.6) is 0 Å². The standard InChI is InChI=1S/C17H28N2O/c1-17(2,3)18-9-15-7-8-16(20-15)12-19-10-13-5-4-6-14(13)11-19/h7-8,13-14,18H,4-6,9-12H2,1-3H3. The lowest BCUT2D eigenvalue weighted by Gasteiger charge is -2.19. The van der Waals surface area contributed by atoms with Crippen LogP contribution in [0.2, 0.25) is 0 Å². The Morgan fingerprint density at radius 2 is 1.80 bits per heavy atom. The summed E-state index contributed by atoms with van der Waals surface area (Å²) >= 11 is 0. The Hall–Kier alpha value is -0.800. The van der Waals surface area contributed by atoms with Gasteiger partial charge in [-0.05, 0) is 57.6 Å². The summed E-state index contributed by atoms with van der Waals surface area (Å²) in [5.41, 5.74) is 0.138. The summed E-state index contributed by atoms with van der Waals surface area (Å²) in [5.74, 6) is 4.10. The van der Waals surface area contributed by atoms with Gasteiger partial charge in [-0.15, -0.1) is 0 Å². The van der Waals surface area contributed by atoms with Crippen molar-refractivity contribution in [2.75, 3.05) is 13.1 Å². The molecule has 0 bridgehead atoms. The first kappa shape index (κ1) is 14.2. The van der Waals surface area contributed by atoms with Gasteiger partial charge in [0.2, 0.25) is 0 Å². The highest BCUT2D eigenvalue weighted by atomic mass is 16.3. The second-order valence-corrected chi connectivity index (χ2v) is 7.62. The van der Waals surface area contributed by atoms with E-state index in [2.05, 4.69) is 43.1 Å². The monoisotopic (exact) mass is 276 g/mol. The number of rotatable bonds is 4. The maximum absolute atomic E-state index is 5.96. The number of furan rings is 1. The van der Waals surface area contributed by atoms with Gasteiger partial charge in [0.15, 0.2) is 0 Å². The maximum Gasteiger partial charge on any atom is 0.118 e. The molecule has 2 aliphatic rings. The van der Waals surface area contributed by atoms with Crippen LogP contribution in [0.1, 0.15) is 51.6 Å². The van der Waals surface area contributed by atoms with Gasteiger partial charge < -0.3 is 9.73 Å². The van der Waals surface area contributed by atoms with Crippen LogP contribution in [0, 0.1) is 11.8 Å². The topological polar surface area (TPSA) is 28.4 Å². The quantitative estimate of drug-likeness (QED) is 0.913. The summed E-state index contributed by atoms with van der Waals surface area (Å²) in [7, 11) is 0. The first-order chi connectivity index (χ1) is 9.49. The van der Waals surface area contributed by atoms with Crippen LogP contribution in [-0.2, 0) is 13.1 Å². The molecule has 1 aliphatic carbocycles. The lowest BCUT2D eigenvalue weighted by atomic mass is 10.0. The van der Waals surface area contributed by atoms with Gasteiger partial charge in [0.25, 0.3) is 0 Å². The molecule has 3 heteroatoms. The van der Waals surface area contributed by atoms with Gasteiger partial charge in [-0.1, -0.05) is 6.42 Å². The molecular formula is C17H28N2O. The number of hydrogen-bond acceptors (Lipinski definition) is 3. The molecule has 0 radical (unpaired) electrons. The number of hydrogen-bond donors (Lipinski definition) is 1. The first-order valence-corrected chi connectivity index (χ1v) is 8.04. The van der Waals surface area contributed by atoms with E-state index in [-0.39, 0.29) is 5.54 Å². The van der Waals surface area contributed by atoms with Crippen molar-refractivity contribution in [3.8, 4) is 0 Å². The van der Waals surface area contributed by atoms with Crippen molar-refractivity contribution in [3.63, 3.8) is 0 Å². The number of nitrogens with one attached hydrogen (secondary N) is 1. The third kappa shape index (κ3) is 3.44. The van der Waals surface area contributed by atoms with Crippen molar-refractivity contribution in [2.45, 2.75) is 58.7 Å². The molecule has 1 saturated carbocycles. The Labute approximate surface area is 122 Å². The molecule has 112 valence electrons. The second-order valence-electron chi connectivity index (χ2n) is 7.62. The third-order valence-electron chi connectivity index (χ3n) is 4.69. The molecule has 2 atom stereocenters. The summed E-state index contributed by atoms with van der Waals surface area (Å²) < 4.78 is 5.96. The van der Waals surface area contributed by atoms with E-state index in [0.29, 0.717) is 0 Å². The number of likely N-dealkylation sites (tertiary alicyclic amines) is 1. The van der Waals surface area contributed by atoms with Gasteiger partial charge in [0.1, 0.15) is 11.5 Å². The lowest BCUT2D eigenvalue weighted by molar-refractivity contribution is 0.269. The fraction of sp³-hybridized carbons (Fsp3) is 0.765. The summed E-state index contributed by atoms with van der Waals surface area (Å²) in [6.07, 6.45) is 4.34. The predicted octanol–water partition coefficient (Wildman–Crippen LogP) is 3.40. The Bertz CT molecular complexity index is 434. The fourth-order valence-corrected chi connectivity index (χ4v) is 3.64. The molecule has 1 N–H and O–H groups in total. The van der Waals surface area contributed by atoms with E-state index in [4.69, 9.17) is 4.42 Å². The number of nitrogens with zero attached hydrogens (tertiary/aromatic N) is 1. The maximum atomic E-state index is 5.96. The van der Waals surface area contributed by atoms with E-state index >= 15 is 0 Å². The highest BCUT2D eigenvalue weighted by Gasteiger charge is 2.36. The van der Waals surface area contributed by atoms with Gasteiger partial charge in [-0.2, -0.15) is 0 Å². The Kier molecular flexibility index (Phi) is 3.91. The van der Waals surface area contributed by atoms with E-state index in [0.717, 1.165) is 36.4 Å². The highest BCUT2D eigenvalue weighted by molar-refractivity contribution is 5.08. The van der Waals surface area contributed by atoms with Crippen molar-refractivity contribution < 1.29 is 4.42 Å². The van der Waals surface area contributed by atoms with Gasteiger partial charge >= 0.3 is 0 Å². The normalized spacial score (nSPS) is 27.1. The zero-order valence-corrected chi connectivity index (χ0v) is 13.1. The van der Waals surface area contributed by atoms with Crippen LogP contribution >= 0.6 is 0 Å². The minimum absolute atomic E-state index is 0.138. The molecule has 3 rings (SSSR count). The van der Waals surface area contributed by atoms with E-state index in [9.17, 15) is 0 Å². The molecule has 3 nitrogen and oxygen atoms in total. The van der Waals surface area contributed by atoms with Crippen molar-refractivity contribution >= 4 is 0 Å². The molecule has 2 heterocycles. The van der Waals surface area contributed by atoms with Crippen LogP contribution in [-0.4, -0.2) is 23.5 Å². The third-order valence-corrected chi connectivity index (χ3v) is 4.69. The molecule has 0 aromatic carbocycles. The van der Waals surface area contributed by atoms with E-state index in [1.807, 2.05) is 0 Å². The van der Waals surface area contributed by atoms with Crippen LogP contribution in [0.15, 0.2) is 16.5 Å². The molecule has 1 saturated heterocycles. The van der Waals surface area contributed by atoms with Gasteiger partial charge in [0.05, 0.1) is 13.1 Å². The fourth-order valence-electron chi connectivity index (χ4n) is 3.64. The molecule has 20 heavy (non-hydrogen) atoms. The zero-order chi connectivity index (χ0) is 14.2. The van der Waals surface area contributed by atoms with Crippen molar-refractivity contribution in [1.29, 1.82) is 0 Å². The molecular weight excluding hydrogens is 248 g/mol.